The number of hydrogen-bond acceptors (Lipinski definition) is 4. The topological polar surface area (TPSA) is 43.4 Å². The lowest BCUT2D eigenvalue weighted by Gasteiger charge is -2.38. The Kier molecular flexibility index (Phi) is 3.82. The maximum atomic E-state index is 5.97. The fourth-order valence-corrected chi connectivity index (χ4v) is 3.12. The summed E-state index contributed by atoms with van der Waals surface area (Å²) in [6.07, 6.45) is 6.91. The molecule has 2 aliphatic rings. The Morgan fingerprint density at radius 2 is 2.42 bits per heavy atom. The first kappa shape index (κ1) is 13.0. The largest absolute Gasteiger partial charge is 0.378 e. The molecule has 2 saturated heterocycles. The highest BCUT2D eigenvalue weighted by molar-refractivity contribution is 5.13. The van der Waals surface area contributed by atoms with Gasteiger partial charge in [0.15, 0.2) is 0 Å². The van der Waals surface area contributed by atoms with Gasteiger partial charge in [-0.25, -0.2) is 0 Å². The second kappa shape index (κ2) is 5.57. The van der Waals surface area contributed by atoms with E-state index in [-0.39, 0.29) is 5.60 Å². The van der Waals surface area contributed by atoms with E-state index in [1.807, 2.05) is 18.5 Å². The molecular formula is C15H22N2O2. The molecule has 1 aromatic heterocycles. The van der Waals surface area contributed by atoms with Crippen LogP contribution in [0.5, 0.6) is 0 Å². The van der Waals surface area contributed by atoms with Crippen molar-refractivity contribution in [3.63, 3.8) is 0 Å². The number of aromatic nitrogens is 1. The number of hydrogen-bond donors (Lipinski definition) is 1. The molecule has 1 spiro atoms. The minimum absolute atomic E-state index is 0.0232. The molecule has 2 fully saturated rings. The van der Waals surface area contributed by atoms with Crippen LogP contribution in [0.3, 0.4) is 0 Å². The zero-order chi connectivity index (χ0) is 13.1. The average Bonchev–Trinajstić information content (AvgIpc) is 2.88. The first-order valence-electron chi connectivity index (χ1n) is 7.15. The molecule has 0 bridgehead atoms. The first-order valence-corrected chi connectivity index (χ1v) is 7.15. The van der Waals surface area contributed by atoms with Gasteiger partial charge in [-0.1, -0.05) is 6.07 Å². The van der Waals surface area contributed by atoms with Crippen LogP contribution < -0.4 is 5.32 Å². The fourth-order valence-electron chi connectivity index (χ4n) is 3.12. The van der Waals surface area contributed by atoms with Crippen molar-refractivity contribution in [3.05, 3.63) is 30.1 Å². The zero-order valence-corrected chi connectivity index (χ0v) is 11.5. The van der Waals surface area contributed by atoms with Crippen LogP contribution in [0, 0.1) is 0 Å². The van der Waals surface area contributed by atoms with Gasteiger partial charge < -0.3 is 14.8 Å². The summed E-state index contributed by atoms with van der Waals surface area (Å²) in [4.78, 5) is 4.19. The lowest BCUT2D eigenvalue weighted by molar-refractivity contribution is -0.0902. The molecule has 3 unspecified atom stereocenters. The summed E-state index contributed by atoms with van der Waals surface area (Å²) in [6, 6.07) is 4.95. The Morgan fingerprint density at radius 3 is 3.16 bits per heavy atom. The lowest BCUT2D eigenvalue weighted by Crippen LogP contribution is -2.48. The molecule has 0 radical (unpaired) electrons. The van der Waals surface area contributed by atoms with Gasteiger partial charge in [0.05, 0.1) is 12.2 Å². The van der Waals surface area contributed by atoms with Gasteiger partial charge in [0.2, 0.25) is 0 Å². The standard InChI is InChI=1S/C15H22N2O2/c1-12(13-3-2-6-16-10-13)17-14-4-7-19-15(9-14)5-8-18-11-15/h2-3,6,10,12,14,17H,4-5,7-9,11H2,1H3. The highest BCUT2D eigenvalue weighted by atomic mass is 16.6. The third kappa shape index (κ3) is 2.96. The maximum Gasteiger partial charge on any atom is 0.0951 e. The number of rotatable bonds is 3. The number of pyridine rings is 1. The van der Waals surface area contributed by atoms with Crippen LogP contribution in [0.1, 0.15) is 37.8 Å². The van der Waals surface area contributed by atoms with Crippen LogP contribution in [0.15, 0.2) is 24.5 Å². The Labute approximate surface area is 114 Å². The summed E-state index contributed by atoms with van der Waals surface area (Å²) in [6.45, 7) is 4.63. The summed E-state index contributed by atoms with van der Waals surface area (Å²) >= 11 is 0. The molecule has 4 nitrogen and oxygen atoms in total. The van der Waals surface area contributed by atoms with E-state index in [2.05, 4.69) is 23.3 Å². The third-order valence-electron chi connectivity index (χ3n) is 4.23. The van der Waals surface area contributed by atoms with E-state index in [1.165, 1.54) is 5.56 Å². The molecule has 0 amide bonds. The Balaban J connectivity index is 1.60. The molecule has 4 heteroatoms. The molecule has 1 aromatic rings. The van der Waals surface area contributed by atoms with Gasteiger partial charge in [0.1, 0.15) is 0 Å². The zero-order valence-electron chi connectivity index (χ0n) is 11.5. The van der Waals surface area contributed by atoms with E-state index in [4.69, 9.17) is 9.47 Å². The van der Waals surface area contributed by atoms with Crippen LogP contribution in [0.2, 0.25) is 0 Å². The molecule has 0 aliphatic carbocycles. The molecule has 3 atom stereocenters. The van der Waals surface area contributed by atoms with Crippen molar-refractivity contribution < 1.29 is 9.47 Å². The summed E-state index contributed by atoms with van der Waals surface area (Å²) in [5.74, 6) is 0. The average molecular weight is 262 g/mol. The molecule has 2 aliphatic heterocycles. The van der Waals surface area contributed by atoms with Gasteiger partial charge >= 0.3 is 0 Å². The van der Waals surface area contributed by atoms with E-state index < -0.39 is 0 Å². The van der Waals surface area contributed by atoms with E-state index in [0.717, 1.165) is 39.1 Å². The minimum atomic E-state index is -0.0232. The SMILES string of the molecule is CC(NC1CCOC2(CCOC2)C1)c1cccnc1. The highest BCUT2D eigenvalue weighted by Gasteiger charge is 2.41. The molecular weight excluding hydrogens is 240 g/mol. The van der Waals surface area contributed by atoms with Crippen molar-refractivity contribution in [1.29, 1.82) is 0 Å². The molecule has 1 N–H and O–H groups in total. The quantitative estimate of drug-likeness (QED) is 0.905. The smallest absolute Gasteiger partial charge is 0.0951 e. The Morgan fingerprint density at radius 1 is 1.47 bits per heavy atom. The molecule has 0 aromatic carbocycles. The van der Waals surface area contributed by atoms with E-state index in [0.29, 0.717) is 12.1 Å². The predicted octanol–water partition coefficient (Wildman–Crippen LogP) is 2.07. The van der Waals surface area contributed by atoms with Crippen molar-refractivity contribution in [1.82, 2.24) is 10.3 Å². The van der Waals surface area contributed by atoms with E-state index in [1.54, 1.807) is 0 Å². The van der Waals surface area contributed by atoms with Crippen LogP contribution in [-0.4, -0.2) is 36.4 Å². The van der Waals surface area contributed by atoms with Crippen LogP contribution in [0.4, 0.5) is 0 Å². The molecule has 3 heterocycles. The second-order valence-corrected chi connectivity index (χ2v) is 5.70. The Bertz CT molecular complexity index is 404. The van der Waals surface area contributed by atoms with Gasteiger partial charge in [-0.15, -0.1) is 0 Å². The lowest BCUT2D eigenvalue weighted by atomic mass is 9.89. The minimum Gasteiger partial charge on any atom is -0.378 e. The van der Waals surface area contributed by atoms with Gasteiger partial charge in [0, 0.05) is 44.1 Å². The number of ether oxygens (including phenoxy) is 2. The third-order valence-corrected chi connectivity index (χ3v) is 4.23. The summed E-state index contributed by atoms with van der Waals surface area (Å²) in [5.41, 5.74) is 1.22. The van der Waals surface area contributed by atoms with Crippen molar-refractivity contribution in [2.24, 2.45) is 0 Å². The molecule has 19 heavy (non-hydrogen) atoms. The van der Waals surface area contributed by atoms with Crippen LogP contribution >= 0.6 is 0 Å². The first-order chi connectivity index (χ1) is 9.27. The second-order valence-electron chi connectivity index (χ2n) is 5.70. The van der Waals surface area contributed by atoms with Gasteiger partial charge in [-0.3, -0.25) is 4.98 Å². The maximum absolute atomic E-state index is 5.97. The highest BCUT2D eigenvalue weighted by Crippen LogP contribution is 2.33. The Hall–Kier alpha value is -0.970. The van der Waals surface area contributed by atoms with E-state index >= 15 is 0 Å². The van der Waals surface area contributed by atoms with Crippen LogP contribution in [0.25, 0.3) is 0 Å². The monoisotopic (exact) mass is 262 g/mol. The molecule has 104 valence electrons. The van der Waals surface area contributed by atoms with Crippen molar-refractivity contribution in [2.75, 3.05) is 19.8 Å². The van der Waals surface area contributed by atoms with Crippen molar-refractivity contribution >= 4 is 0 Å². The normalized spacial score (nSPS) is 32.6. The van der Waals surface area contributed by atoms with Gasteiger partial charge in [-0.2, -0.15) is 0 Å². The van der Waals surface area contributed by atoms with Gasteiger partial charge in [-0.05, 0) is 31.4 Å². The number of nitrogens with one attached hydrogen (secondary N) is 1. The van der Waals surface area contributed by atoms with Crippen molar-refractivity contribution in [2.45, 2.75) is 43.9 Å². The van der Waals surface area contributed by atoms with Gasteiger partial charge in [0.25, 0.3) is 0 Å². The van der Waals surface area contributed by atoms with E-state index in [9.17, 15) is 0 Å². The van der Waals surface area contributed by atoms with Crippen molar-refractivity contribution in [3.8, 4) is 0 Å². The summed E-state index contributed by atoms with van der Waals surface area (Å²) in [5, 5.41) is 3.71. The summed E-state index contributed by atoms with van der Waals surface area (Å²) in [7, 11) is 0. The predicted molar refractivity (Wildman–Crippen MR) is 72.9 cm³/mol. The fraction of sp³-hybridized carbons (Fsp3) is 0.667. The molecule has 3 rings (SSSR count). The number of nitrogens with zero attached hydrogens (tertiary/aromatic N) is 1. The summed E-state index contributed by atoms with van der Waals surface area (Å²) < 4.78 is 11.5. The molecule has 0 saturated carbocycles. The van der Waals surface area contributed by atoms with Crippen LogP contribution in [-0.2, 0) is 9.47 Å².